The van der Waals surface area contributed by atoms with Crippen LogP contribution in [0.1, 0.15) is 0 Å². The molecule has 0 atom stereocenters. The molecule has 0 radical (unpaired) electrons. The second-order valence-electron chi connectivity index (χ2n) is 7.79. The first-order chi connectivity index (χ1) is 15.4. The third-order valence-electron chi connectivity index (χ3n) is 6.15. The number of rotatable bonds is 2. The normalized spacial score (nSPS) is 13.6. The van der Waals surface area contributed by atoms with Crippen molar-refractivity contribution in [1.82, 2.24) is 4.48 Å². The molecule has 7 rings (SSSR count). The topological polar surface area (TPSA) is 28.4 Å². The monoisotopic (exact) mass is 401 g/mol. The third kappa shape index (κ3) is 2.19. The van der Waals surface area contributed by atoms with Crippen molar-refractivity contribution in [2.45, 2.75) is 0 Å². The number of aromatic nitrogens is 2. The number of hydrogen-bond donors (Lipinski definition) is 0. The second-order valence-corrected chi connectivity index (χ2v) is 7.79. The van der Waals surface area contributed by atoms with Gasteiger partial charge in [-0.05, 0) is 54.7 Å². The van der Waals surface area contributed by atoms with Crippen molar-refractivity contribution in [3.63, 3.8) is 0 Å². The molecule has 146 valence electrons. The summed E-state index contributed by atoms with van der Waals surface area (Å²) in [6, 6.07) is 33.8. The summed E-state index contributed by atoms with van der Waals surface area (Å²) in [6.07, 6.45) is 3.90. The molecule has 0 unspecified atom stereocenters. The molecule has 6 heteroatoms. The van der Waals surface area contributed by atoms with Crippen molar-refractivity contribution in [3.05, 3.63) is 110 Å². The Morgan fingerprint density at radius 3 is 2.06 bits per heavy atom. The van der Waals surface area contributed by atoms with Gasteiger partial charge in [-0.1, -0.05) is 42.5 Å². The Bertz CT molecular complexity index is 1310. The highest BCUT2D eigenvalue weighted by atomic mass is 16.5. The van der Waals surface area contributed by atoms with Crippen molar-refractivity contribution in [2.24, 2.45) is 0 Å². The molecule has 5 aromatic rings. The molecule has 2 aliphatic rings. The minimum atomic E-state index is -0.0823. The highest BCUT2D eigenvalue weighted by Gasteiger charge is 2.52. The molecule has 5 nitrogen and oxygen atoms in total. The summed E-state index contributed by atoms with van der Waals surface area (Å²) in [5.41, 5.74) is 5.78. The Hall–Kier alpha value is -4.19. The smallest absolute Gasteiger partial charge is 0.329 e. The zero-order chi connectivity index (χ0) is 20.4. The van der Waals surface area contributed by atoms with E-state index >= 15 is 0 Å². The Morgan fingerprint density at radius 2 is 1.32 bits per heavy atom. The summed E-state index contributed by atoms with van der Waals surface area (Å²) >= 11 is 0. The van der Waals surface area contributed by atoms with Crippen LogP contribution in [0.3, 0.4) is 0 Å². The Labute approximate surface area is 180 Å². The van der Waals surface area contributed by atoms with Crippen LogP contribution in [0.5, 0.6) is 0 Å². The number of fused-ring (bicyclic) bond motifs is 4. The molecular weight excluding hydrogens is 383 g/mol. The largest absolute Gasteiger partial charge is 0.589 e. The molecular formula is C25H18BN4O+. The molecule has 0 spiro atoms. The minimum absolute atomic E-state index is 0.0823. The van der Waals surface area contributed by atoms with Gasteiger partial charge in [-0.3, -0.25) is 4.90 Å². The van der Waals surface area contributed by atoms with Crippen LogP contribution in [0.4, 0.5) is 34.4 Å². The number of anilines is 6. The van der Waals surface area contributed by atoms with Crippen LogP contribution in [0.25, 0.3) is 0 Å². The first kappa shape index (κ1) is 16.6. The first-order valence-electron chi connectivity index (χ1n) is 10.4. The van der Waals surface area contributed by atoms with E-state index in [-0.39, 0.29) is 6.98 Å². The van der Waals surface area contributed by atoms with E-state index in [1.54, 1.807) is 6.26 Å². The molecule has 2 aromatic heterocycles. The average molecular weight is 401 g/mol. The van der Waals surface area contributed by atoms with Gasteiger partial charge in [0.2, 0.25) is 0 Å². The maximum Gasteiger partial charge on any atom is 0.589 e. The van der Waals surface area contributed by atoms with Crippen LogP contribution in [0.2, 0.25) is 0 Å². The summed E-state index contributed by atoms with van der Waals surface area (Å²) in [5, 5.41) is 0. The van der Waals surface area contributed by atoms with Crippen molar-refractivity contribution in [1.29, 1.82) is 0 Å². The predicted octanol–water partition coefficient (Wildman–Crippen LogP) is 4.73. The molecule has 31 heavy (non-hydrogen) atoms. The first-order valence-corrected chi connectivity index (χ1v) is 10.4. The fourth-order valence-corrected chi connectivity index (χ4v) is 4.93. The number of benzene rings is 3. The molecule has 2 aliphatic heterocycles. The van der Waals surface area contributed by atoms with Crippen LogP contribution in [0, 0.1) is 0 Å². The van der Waals surface area contributed by atoms with E-state index < -0.39 is 0 Å². The molecule has 0 N–H and O–H groups in total. The van der Waals surface area contributed by atoms with Gasteiger partial charge in [0, 0.05) is 5.69 Å². The van der Waals surface area contributed by atoms with Crippen molar-refractivity contribution in [2.75, 3.05) is 9.80 Å². The lowest BCUT2D eigenvalue weighted by atomic mass is 9.63. The van der Waals surface area contributed by atoms with Gasteiger partial charge in [-0.2, -0.15) is 4.90 Å². The number of hydrogen-bond acceptors (Lipinski definition) is 3. The van der Waals surface area contributed by atoms with Crippen LogP contribution < -0.4 is 19.9 Å². The van der Waals surface area contributed by atoms with E-state index in [0.29, 0.717) is 0 Å². The number of nitrogens with zero attached hydrogens (tertiary/aromatic N) is 4. The summed E-state index contributed by atoms with van der Waals surface area (Å²) < 4.78 is 10.4. The second kappa shape index (κ2) is 6.16. The van der Waals surface area contributed by atoms with E-state index in [9.17, 15) is 0 Å². The molecule has 0 saturated heterocycles. The van der Waals surface area contributed by atoms with Gasteiger partial charge in [-0.25, -0.2) is 0 Å². The molecule has 4 heterocycles. The predicted molar refractivity (Wildman–Crippen MR) is 122 cm³/mol. The SMILES string of the molecule is c1ccc(N2c3cccc4c3B(n3cccc32)[n+]2occc2N4c2ccccc2)cc1. The molecule has 0 bridgehead atoms. The lowest BCUT2D eigenvalue weighted by molar-refractivity contribution is -0.727. The van der Waals surface area contributed by atoms with E-state index in [2.05, 4.69) is 105 Å². The highest BCUT2D eigenvalue weighted by Crippen LogP contribution is 2.43. The highest BCUT2D eigenvalue weighted by molar-refractivity contribution is 6.69. The maximum atomic E-state index is 6.06. The quantitative estimate of drug-likeness (QED) is 0.393. The fraction of sp³-hybridized carbons (Fsp3) is 0. The lowest BCUT2D eigenvalue weighted by Gasteiger charge is -2.37. The lowest BCUT2D eigenvalue weighted by Crippen LogP contribution is -2.69. The van der Waals surface area contributed by atoms with Crippen molar-refractivity contribution in [3.8, 4) is 0 Å². The fourth-order valence-electron chi connectivity index (χ4n) is 4.93. The van der Waals surface area contributed by atoms with Gasteiger partial charge in [0.15, 0.2) is 6.26 Å². The van der Waals surface area contributed by atoms with Crippen LogP contribution in [-0.2, 0) is 0 Å². The average Bonchev–Trinajstić information content (AvgIpc) is 3.50. The van der Waals surface area contributed by atoms with Crippen LogP contribution in [-0.4, -0.2) is 11.5 Å². The zero-order valence-corrected chi connectivity index (χ0v) is 16.7. The van der Waals surface area contributed by atoms with Gasteiger partial charge in [0.05, 0.1) is 17.2 Å². The Kier molecular flexibility index (Phi) is 3.30. The standard InChI is InChI=1S/C25H18BN4O/c1-3-9-19(10-4-1)28-21-13-7-14-22-25(21)26(27-17-8-15-23(27)28)30-24(16-18-31-30)29(22)20-11-5-2-6-12-20/h1-18H/q+1. The summed E-state index contributed by atoms with van der Waals surface area (Å²) in [6.45, 7) is -0.0823. The van der Waals surface area contributed by atoms with Crippen molar-refractivity contribution >= 4 is 46.8 Å². The van der Waals surface area contributed by atoms with E-state index in [0.717, 1.165) is 34.4 Å². The summed E-state index contributed by atoms with van der Waals surface area (Å²) in [7, 11) is 0. The van der Waals surface area contributed by atoms with E-state index in [4.69, 9.17) is 4.52 Å². The van der Waals surface area contributed by atoms with Crippen molar-refractivity contribution < 1.29 is 9.17 Å². The molecule has 0 fully saturated rings. The van der Waals surface area contributed by atoms with Gasteiger partial charge >= 0.3 is 12.8 Å². The summed E-state index contributed by atoms with van der Waals surface area (Å²) in [4.78, 5) is 4.60. The molecule has 3 aromatic carbocycles. The van der Waals surface area contributed by atoms with Gasteiger partial charge in [0.1, 0.15) is 17.2 Å². The zero-order valence-electron chi connectivity index (χ0n) is 16.7. The molecule has 0 amide bonds. The van der Waals surface area contributed by atoms with E-state index in [1.165, 1.54) is 5.46 Å². The summed E-state index contributed by atoms with van der Waals surface area (Å²) in [5.74, 6) is 2.12. The Morgan fingerprint density at radius 1 is 0.645 bits per heavy atom. The Balaban J connectivity index is 1.56. The van der Waals surface area contributed by atoms with Crippen LogP contribution >= 0.6 is 0 Å². The number of para-hydroxylation sites is 2. The van der Waals surface area contributed by atoms with Gasteiger partial charge in [-0.15, -0.1) is 4.65 Å². The molecule has 0 saturated carbocycles. The molecule has 0 aliphatic carbocycles. The third-order valence-corrected chi connectivity index (χ3v) is 6.15. The van der Waals surface area contributed by atoms with Crippen LogP contribution in [0.15, 0.2) is 114 Å². The van der Waals surface area contributed by atoms with Gasteiger partial charge in [0.25, 0.3) is 0 Å². The van der Waals surface area contributed by atoms with Gasteiger partial charge < -0.3 is 9.00 Å². The maximum absolute atomic E-state index is 6.06. The minimum Gasteiger partial charge on any atom is -0.329 e. The van der Waals surface area contributed by atoms with E-state index in [1.807, 2.05) is 16.8 Å².